The van der Waals surface area contributed by atoms with Gasteiger partial charge in [0.15, 0.2) is 12.4 Å². The smallest absolute Gasteiger partial charge is 0.341 e. The van der Waals surface area contributed by atoms with Crippen LogP contribution >= 0.6 is 0 Å². The van der Waals surface area contributed by atoms with Gasteiger partial charge in [-0.05, 0) is 29.7 Å². The Labute approximate surface area is 164 Å². The molecule has 1 amide bonds. The van der Waals surface area contributed by atoms with Crippen LogP contribution in [0.5, 0.6) is 5.75 Å². The maximum atomic E-state index is 12.3. The number of carboxylic acids is 1. The van der Waals surface area contributed by atoms with Crippen molar-refractivity contribution in [2.75, 3.05) is 13.7 Å². The van der Waals surface area contributed by atoms with Crippen molar-refractivity contribution in [3.05, 3.63) is 65.2 Å². The molecule has 0 fully saturated rings. The van der Waals surface area contributed by atoms with E-state index < -0.39 is 12.6 Å². The van der Waals surface area contributed by atoms with Gasteiger partial charge in [0, 0.05) is 32.0 Å². The fraction of sp³-hybridized carbons (Fsp3) is 0.318. The van der Waals surface area contributed by atoms with Crippen molar-refractivity contribution in [2.45, 2.75) is 32.7 Å². The normalized spacial score (nSPS) is 10.4. The summed E-state index contributed by atoms with van der Waals surface area (Å²) >= 11 is 0. The Bertz CT molecular complexity index is 812. The molecule has 0 heterocycles. The Morgan fingerprint density at radius 3 is 2.11 bits per heavy atom. The lowest BCUT2D eigenvalue weighted by Gasteiger charge is -2.17. The van der Waals surface area contributed by atoms with Crippen LogP contribution in [0, 0.1) is 0 Å². The number of aryl methyl sites for hydroxylation is 1. The molecule has 0 radical (unpaired) electrons. The zero-order valence-electron chi connectivity index (χ0n) is 16.2. The van der Waals surface area contributed by atoms with E-state index in [4.69, 9.17) is 9.84 Å². The maximum Gasteiger partial charge on any atom is 0.341 e. The number of hydrogen-bond donors (Lipinski definition) is 1. The van der Waals surface area contributed by atoms with E-state index in [9.17, 15) is 14.4 Å². The van der Waals surface area contributed by atoms with Crippen molar-refractivity contribution < 1.29 is 24.2 Å². The zero-order chi connectivity index (χ0) is 20.5. The summed E-state index contributed by atoms with van der Waals surface area (Å²) in [5.74, 6) is -0.723. The molecule has 1 N–H and O–H groups in total. The van der Waals surface area contributed by atoms with Crippen molar-refractivity contribution in [2.24, 2.45) is 0 Å². The van der Waals surface area contributed by atoms with Crippen LogP contribution in [0.1, 0.15) is 41.3 Å². The largest absolute Gasteiger partial charge is 0.482 e. The first-order chi connectivity index (χ1) is 13.4. The number of carbonyl (C=O) groups is 3. The minimum atomic E-state index is -1.04. The molecular weight excluding hydrogens is 358 g/mol. The third-order valence-electron chi connectivity index (χ3n) is 4.38. The summed E-state index contributed by atoms with van der Waals surface area (Å²) in [6.07, 6.45) is 1.26. The highest BCUT2D eigenvalue weighted by Gasteiger charge is 2.13. The van der Waals surface area contributed by atoms with Gasteiger partial charge < -0.3 is 14.7 Å². The second-order valence-electron chi connectivity index (χ2n) is 6.55. The average molecular weight is 383 g/mol. The van der Waals surface area contributed by atoms with Crippen LogP contribution in [0.2, 0.25) is 0 Å². The predicted octanol–water partition coefficient (Wildman–Crippen LogP) is 3.33. The quantitative estimate of drug-likeness (QED) is 0.636. The number of benzene rings is 2. The highest BCUT2D eigenvalue weighted by Crippen LogP contribution is 2.14. The van der Waals surface area contributed by atoms with Crippen LogP contribution in [-0.2, 0) is 22.6 Å². The second-order valence-corrected chi connectivity index (χ2v) is 6.55. The van der Waals surface area contributed by atoms with Gasteiger partial charge in [0.25, 0.3) is 0 Å². The molecule has 0 aliphatic rings. The van der Waals surface area contributed by atoms with E-state index in [2.05, 4.69) is 6.92 Å². The van der Waals surface area contributed by atoms with E-state index in [1.165, 1.54) is 5.56 Å². The van der Waals surface area contributed by atoms with Gasteiger partial charge in [-0.15, -0.1) is 0 Å². The second kappa shape index (κ2) is 10.3. The summed E-state index contributed by atoms with van der Waals surface area (Å²) in [7, 11) is 1.69. The predicted molar refractivity (Wildman–Crippen MR) is 105 cm³/mol. The van der Waals surface area contributed by atoms with E-state index in [1.807, 2.05) is 24.3 Å². The Balaban J connectivity index is 1.81. The van der Waals surface area contributed by atoms with E-state index in [-0.39, 0.29) is 24.5 Å². The highest BCUT2D eigenvalue weighted by atomic mass is 16.5. The van der Waals surface area contributed by atoms with E-state index in [1.54, 1.807) is 36.2 Å². The molecule has 148 valence electrons. The molecule has 0 saturated carbocycles. The number of Topliss-reactive ketones (excluding diaryl/α,β-unsaturated/α-hetero) is 1. The monoisotopic (exact) mass is 383 g/mol. The number of nitrogens with zero attached hydrogens (tertiary/aromatic N) is 1. The van der Waals surface area contributed by atoms with E-state index in [0.717, 1.165) is 12.0 Å². The van der Waals surface area contributed by atoms with Crippen molar-refractivity contribution >= 4 is 17.7 Å². The lowest BCUT2D eigenvalue weighted by molar-refractivity contribution is -0.139. The molecule has 0 spiro atoms. The van der Waals surface area contributed by atoms with Gasteiger partial charge in [-0.25, -0.2) is 4.79 Å². The molecule has 2 aromatic rings. The third kappa shape index (κ3) is 6.54. The Morgan fingerprint density at radius 2 is 1.54 bits per heavy atom. The highest BCUT2D eigenvalue weighted by molar-refractivity contribution is 5.97. The van der Waals surface area contributed by atoms with Crippen molar-refractivity contribution in [1.29, 1.82) is 0 Å². The first-order valence-corrected chi connectivity index (χ1v) is 9.18. The summed E-state index contributed by atoms with van der Waals surface area (Å²) in [5.41, 5.74) is 2.69. The number of rotatable bonds is 10. The molecule has 0 saturated heterocycles. The molecule has 0 atom stereocenters. The summed E-state index contributed by atoms with van der Waals surface area (Å²) in [5, 5.41) is 8.60. The van der Waals surface area contributed by atoms with Crippen LogP contribution in [0.3, 0.4) is 0 Å². The van der Waals surface area contributed by atoms with Crippen LogP contribution in [0.25, 0.3) is 0 Å². The lowest BCUT2D eigenvalue weighted by atomic mass is 10.0. The number of carbonyl (C=O) groups excluding carboxylic acids is 2. The SMILES string of the molecule is CCc1ccc(C(=O)CCC(=O)N(C)Cc2ccc(OCC(=O)O)cc2)cc1. The van der Waals surface area contributed by atoms with Crippen LogP contribution in [-0.4, -0.2) is 41.3 Å². The van der Waals surface area contributed by atoms with Crippen molar-refractivity contribution in [3.63, 3.8) is 0 Å². The van der Waals surface area contributed by atoms with Gasteiger partial charge in [-0.3, -0.25) is 9.59 Å². The topological polar surface area (TPSA) is 83.9 Å². The average Bonchev–Trinajstić information content (AvgIpc) is 2.71. The molecular formula is C22H25NO5. The van der Waals surface area contributed by atoms with E-state index in [0.29, 0.717) is 17.9 Å². The first kappa shape index (κ1) is 21.2. The summed E-state index contributed by atoms with van der Waals surface area (Å²) in [6, 6.07) is 14.4. The molecule has 0 aliphatic heterocycles. The van der Waals surface area contributed by atoms with Crippen LogP contribution < -0.4 is 4.74 Å². The summed E-state index contributed by atoms with van der Waals surface area (Å²) in [6.45, 7) is 2.06. The molecule has 0 bridgehead atoms. The first-order valence-electron chi connectivity index (χ1n) is 9.18. The molecule has 0 aromatic heterocycles. The van der Waals surface area contributed by atoms with Gasteiger partial charge in [-0.2, -0.15) is 0 Å². The van der Waals surface area contributed by atoms with Crippen LogP contribution in [0.4, 0.5) is 0 Å². The number of amides is 1. The van der Waals surface area contributed by atoms with Gasteiger partial charge in [-0.1, -0.05) is 43.3 Å². The number of ether oxygens (including phenoxy) is 1. The molecule has 2 rings (SSSR count). The van der Waals surface area contributed by atoms with Gasteiger partial charge in [0.2, 0.25) is 5.91 Å². The molecule has 6 nitrogen and oxygen atoms in total. The van der Waals surface area contributed by atoms with Crippen molar-refractivity contribution in [1.82, 2.24) is 4.90 Å². The fourth-order valence-electron chi connectivity index (χ4n) is 2.68. The van der Waals surface area contributed by atoms with Gasteiger partial charge in [0.1, 0.15) is 5.75 Å². The Kier molecular flexibility index (Phi) is 7.75. The van der Waals surface area contributed by atoms with Crippen LogP contribution in [0.15, 0.2) is 48.5 Å². The molecule has 28 heavy (non-hydrogen) atoms. The zero-order valence-corrected chi connectivity index (χ0v) is 16.2. The Hall–Kier alpha value is -3.15. The Morgan fingerprint density at radius 1 is 0.929 bits per heavy atom. The summed E-state index contributed by atoms with van der Waals surface area (Å²) < 4.78 is 5.08. The molecule has 0 unspecified atom stereocenters. The minimum Gasteiger partial charge on any atom is -0.482 e. The standard InChI is InChI=1S/C22H25NO5/c1-3-16-4-8-18(9-5-16)20(24)12-13-21(25)23(2)14-17-6-10-19(11-7-17)28-15-22(26)27/h4-11H,3,12-15H2,1-2H3,(H,26,27). The maximum absolute atomic E-state index is 12.3. The molecule has 0 aliphatic carbocycles. The number of carboxylic acid groups (broad SMARTS) is 1. The molecule has 6 heteroatoms. The van der Waals surface area contributed by atoms with Gasteiger partial charge in [0.05, 0.1) is 0 Å². The van der Waals surface area contributed by atoms with Crippen molar-refractivity contribution in [3.8, 4) is 5.75 Å². The number of ketones is 1. The lowest BCUT2D eigenvalue weighted by Crippen LogP contribution is -2.26. The number of aliphatic carboxylic acids is 1. The third-order valence-corrected chi connectivity index (χ3v) is 4.38. The minimum absolute atomic E-state index is 0.0377. The summed E-state index contributed by atoms with van der Waals surface area (Å²) in [4.78, 5) is 36.6. The molecule has 2 aromatic carbocycles. The van der Waals surface area contributed by atoms with E-state index >= 15 is 0 Å². The van der Waals surface area contributed by atoms with Gasteiger partial charge >= 0.3 is 5.97 Å². The fourth-order valence-corrected chi connectivity index (χ4v) is 2.68. The number of hydrogen-bond acceptors (Lipinski definition) is 4.